The molecule has 2 aromatic heterocycles. The van der Waals surface area contributed by atoms with E-state index in [1.54, 1.807) is 16.7 Å². The van der Waals surface area contributed by atoms with E-state index in [1.807, 2.05) is 32.2 Å². The predicted molar refractivity (Wildman–Crippen MR) is 125 cm³/mol. The van der Waals surface area contributed by atoms with E-state index in [9.17, 15) is 23.4 Å². The van der Waals surface area contributed by atoms with E-state index in [2.05, 4.69) is 14.5 Å². The first-order valence-corrected chi connectivity index (χ1v) is 12.2. The van der Waals surface area contributed by atoms with Crippen LogP contribution in [0.5, 0.6) is 0 Å². The molecular formula is C23H28F3N5O2S. The summed E-state index contributed by atoms with van der Waals surface area (Å²) in [5, 5.41) is 20.0. The molecule has 3 heterocycles. The van der Waals surface area contributed by atoms with Gasteiger partial charge in [0.15, 0.2) is 5.69 Å². The Labute approximate surface area is 200 Å². The lowest BCUT2D eigenvalue weighted by molar-refractivity contribution is -0.144. The summed E-state index contributed by atoms with van der Waals surface area (Å²) in [6.07, 6.45) is -1.73. The van der Waals surface area contributed by atoms with Crippen LogP contribution in [0, 0.1) is 5.92 Å². The van der Waals surface area contributed by atoms with Crippen LogP contribution in [0.3, 0.4) is 0 Å². The Balaban J connectivity index is 1.85. The van der Waals surface area contributed by atoms with E-state index in [-0.39, 0.29) is 30.1 Å². The second-order valence-corrected chi connectivity index (χ2v) is 10.2. The van der Waals surface area contributed by atoms with Crippen LogP contribution in [0.2, 0.25) is 0 Å². The molecule has 0 amide bonds. The van der Waals surface area contributed by atoms with Crippen molar-refractivity contribution in [1.29, 1.82) is 0 Å². The average molecular weight is 496 g/mol. The quantitative estimate of drug-likeness (QED) is 0.504. The predicted octanol–water partition coefficient (Wildman–Crippen LogP) is 4.50. The molecule has 0 bridgehead atoms. The second kappa shape index (κ2) is 8.69. The molecule has 4 rings (SSSR count). The normalized spacial score (nSPS) is 17.0. The molecule has 3 aromatic rings. The maximum atomic E-state index is 13.8. The van der Waals surface area contributed by atoms with Crippen LogP contribution in [-0.2, 0) is 24.9 Å². The number of alkyl halides is 3. The molecule has 1 aliphatic heterocycles. The molecule has 0 fully saturated rings. The Morgan fingerprint density at radius 3 is 2.44 bits per heavy atom. The molecule has 0 spiro atoms. The van der Waals surface area contributed by atoms with Gasteiger partial charge in [0, 0.05) is 29.7 Å². The number of aromatic nitrogens is 4. The van der Waals surface area contributed by atoms with Gasteiger partial charge in [-0.2, -0.15) is 13.2 Å². The third-order valence-corrected chi connectivity index (χ3v) is 6.93. The first-order chi connectivity index (χ1) is 15.9. The summed E-state index contributed by atoms with van der Waals surface area (Å²) < 4.78 is 43.6. The highest BCUT2D eigenvalue weighted by Gasteiger charge is 2.41. The molecule has 0 saturated heterocycles. The average Bonchev–Trinajstić information content (AvgIpc) is 3.12. The number of thioether (sulfide) groups is 1. The first-order valence-electron chi connectivity index (χ1n) is 11.0. The summed E-state index contributed by atoms with van der Waals surface area (Å²) in [7, 11) is 0. The van der Waals surface area contributed by atoms with Crippen LogP contribution >= 0.6 is 11.8 Å². The summed E-state index contributed by atoms with van der Waals surface area (Å²) in [5.74, 6) is 0.681. The van der Waals surface area contributed by atoms with Crippen LogP contribution in [0.1, 0.15) is 56.4 Å². The number of halogens is 3. The molecule has 1 aromatic carbocycles. The molecule has 11 heteroatoms. The highest BCUT2D eigenvalue weighted by molar-refractivity contribution is 7.98. The molecule has 0 aliphatic carbocycles. The largest absolute Gasteiger partial charge is 0.433 e. The monoisotopic (exact) mass is 495 g/mol. The number of hydrogen-bond acceptors (Lipinski definition) is 7. The molecule has 1 unspecified atom stereocenters. The summed E-state index contributed by atoms with van der Waals surface area (Å²) in [6.45, 7) is 7.32. The van der Waals surface area contributed by atoms with Gasteiger partial charge in [0.1, 0.15) is 5.82 Å². The van der Waals surface area contributed by atoms with Crippen molar-refractivity contribution in [2.45, 2.75) is 63.6 Å². The van der Waals surface area contributed by atoms with Gasteiger partial charge >= 0.3 is 6.18 Å². The van der Waals surface area contributed by atoms with Crippen molar-refractivity contribution in [3.8, 4) is 0 Å². The van der Waals surface area contributed by atoms with Gasteiger partial charge in [-0.05, 0) is 43.7 Å². The topological polar surface area (TPSA) is 87.3 Å². The lowest BCUT2D eigenvalue weighted by Gasteiger charge is -2.38. The SMILES string of the molecule is CSc1cc2c(cc1CO)nc1n2CCN(c2ncc(C(C)(C)O)c(C(F)(F)F)n2)C1C(C)C. The number of aliphatic hydroxyl groups is 2. The van der Waals surface area contributed by atoms with Crippen molar-refractivity contribution in [1.82, 2.24) is 19.5 Å². The zero-order valence-corrected chi connectivity index (χ0v) is 20.5. The molecule has 184 valence electrons. The highest BCUT2D eigenvalue weighted by Crippen LogP contribution is 2.40. The molecular weight excluding hydrogens is 467 g/mol. The van der Waals surface area contributed by atoms with E-state index in [0.717, 1.165) is 33.5 Å². The fourth-order valence-corrected chi connectivity index (χ4v) is 5.15. The fourth-order valence-electron chi connectivity index (χ4n) is 4.53. The van der Waals surface area contributed by atoms with Crippen molar-refractivity contribution in [3.63, 3.8) is 0 Å². The Kier molecular flexibility index (Phi) is 6.32. The van der Waals surface area contributed by atoms with E-state index in [4.69, 9.17) is 4.98 Å². The Hall–Kier alpha value is -2.37. The lowest BCUT2D eigenvalue weighted by atomic mass is 9.97. The standard InChI is InChI=1S/C23H28F3N5O2S/c1-12(2)18-20-28-15-8-13(11-32)17(34-5)9-16(15)30(20)6-7-31(18)21-27-10-14(22(3,4)33)19(29-21)23(24,25)26/h8-10,12,18,32-33H,6-7,11H2,1-5H3. The van der Waals surface area contributed by atoms with E-state index >= 15 is 0 Å². The minimum atomic E-state index is -4.74. The molecule has 0 saturated carbocycles. The maximum Gasteiger partial charge on any atom is 0.433 e. The number of benzene rings is 1. The van der Waals surface area contributed by atoms with E-state index < -0.39 is 17.5 Å². The van der Waals surface area contributed by atoms with Gasteiger partial charge in [-0.3, -0.25) is 0 Å². The Morgan fingerprint density at radius 2 is 1.88 bits per heavy atom. The van der Waals surface area contributed by atoms with Gasteiger partial charge in [0.2, 0.25) is 5.95 Å². The second-order valence-electron chi connectivity index (χ2n) is 9.30. The number of imidazole rings is 1. The van der Waals surface area contributed by atoms with Crippen LogP contribution in [0.25, 0.3) is 11.0 Å². The molecule has 1 atom stereocenters. The van der Waals surface area contributed by atoms with Gasteiger partial charge in [0.25, 0.3) is 0 Å². The Morgan fingerprint density at radius 1 is 1.18 bits per heavy atom. The number of hydrogen-bond donors (Lipinski definition) is 2. The first kappa shape index (κ1) is 24.7. The van der Waals surface area contributed by atoms with E-state index in [0.29, 0.717) is 13.1 Å². The number of aliphatic hydroxyl groups excluding tert-OH is 1. The molecule has 0 radical (unpaired) electrons. The number of anilines is 1. The van der Waals surface area contributed by atoms with Crippen LogP contribution < -0.4 is 4.90 Å². The number of fused-ring (bicyclic) bond motifs is 3. The summed E-state index contributed by atoms with van der Waals surface area (Å²) in [6, 6.07) is 3.52. The van der Waals surface area contributed by atoms with Gasteiger partial charge in [-0.25, -0.2) is 15.0 Å². The molecule has 7 nitrogen and oxygen atoms in total. The van der Waals surface area contributed by atoms with Crippen molar-refractivity contribution in [2.24, 2.45) is 5.92 Å². The van der Waals surface area contributed by atoms with Crippen LogP contribution in [-0.4, -0.2) is 42.5 Å². The van der Waals surface area contributed by atoms with E-state index in [1.165, 1.54) is 13.8 Å². The zero-order chi connectivity index (χ0) is 25.0. The van der Waals surface area contributed by atoms with Crippen LogP contribution in [0.4, 0.5) is 19.1 Å². The number of rotatable bonds is 5. The van der Waals surface area contributed by atoms with Crippen LogP contribution in [0.15, 0.2) is 23.2 Å². The van der Waals surface area contributed by atoms with Crippen molar-refractivity contribution in [3.05, 3.63) is 41.0 Å². The van der Waals surface area contributed by atoms with Gasteiger partial charge in [-0.1, -0.05) is 13.8 Å². The highest BCUT2D eigenvalue weighted by atomic mass is 32.2. The third-order valence-electron chi connectivity index (χ3n) is 6.11. The maximum absolute atomic E-state index is 13.8. The third kappa shape index (κ3) is 4.25. The molecule has 2 N–H and O–H groups in total. The summed E-state index contributed by atoms with van der Waals surface area (Å²) in [4.78, 5) is 15.7. The fraction of sp³-hybridized carbons (Fsp3) is 0.522. The minimum absolute atomic E-state index is 0.0000843. The zero-order valence-electron chi connectivity index (χ0n) is 19.7. The summed E-state index contributed by atoms with van der Waals surface area (Å²) >= 11 is 1.54. The van der Waals surface area contributed by atoms with Gasteiger partial charge < -0.3 is 19.7 Å². The smallest absolute Gasteiger partial charge is 0.392 e. The lowest BCUT2D eigenvalue weighted by Crippen LogP contribution is -2.42. The van der Waals surface area contributed by atoms with Crippen molar-refractivity contribution in [2.75, 3.05) is 17.7 Å². The molecule has 34 heavy (non-hydrogen) atoms. The van der Waals surface area contributed by atoms with Crippen molar-refractivity contribution < 1.29 is 23.4 Å². The van der Waals surface area contributed by atoms with Crippen molar-refractivity contribution >= 4 is 28.7 Å². The van der Waals surface area contributed by atoms with Gasteiger partial charge in [0.05, 0.1) is 29.3 Å². The summed E-state index contributed by atoms with van der Waals surface area (Å²) in [5.41, 5.74) is -0.793. The van der Waals surface area contributed by atoms with Gasteiger partial charge in [-0.15, -0.1) is 11.8 Å². The Bertz CT molecular complexity index is 1220. The number of nitrogens with zero attached hydrogens (tertiary/aromatic N) is 5. The minimum Gasteiger partial charge on any atom is -0.392 e. The molecule has 1 aliphatic rings.